The molecule has 0 spiro atoms. The number of hydrogen-bond acceptors (Lipinski definition) is 4. The summed E-state index contributed by atoms with van der Waals surface area (Å²) < 4.78 is 7.15. The molecule has 1 unspecified atom stereocenters. The van der Waals surface area contributed by atoms with Gasteiger partial charge in [-0.25, -0.2) is 0 Å². The number of ether oxygens (including phenoxy) is 1. The summed E-state index contributed by atoms with van der Waals surface area (Å²) in [6.07, 6.45) is 3.97. The van der Waals surface area contributed by atoms with E-state index in [-0.39, 0.29) is 6.04 Å². The van der Waals surface area contributed by atoms with Crippen LogP contribution in [0.5, 0.6) is 5.75 Å². The van der Waals surface area contributed by atoms with Crippen LogP contribution in [0, 0.1) is 0 Å². The Balaban J connectivity index is 2.22. The van der Waals surface area contributed by atoms with Crippen LogP contribution in [0.3, 0.4) is 0 Å². The van der Waals surface area contributed by atoms with E-state index >= 15 is 0 Å². The minimum Gasteiger partial charge on any atom is -0.497 e. The van der Waals surface area contributed by atoms with Gasteiger partial charge in [-0.15, -0.1) is 0 Å². The van der Waals surface area contributed by atoms with Gasteiger partial charge >= 0.3 is 0 Å². The number of benzene rings is 1. The number of rotatable bonds is 6. The number of nitrogens with zero attached hydrogens (tertiary/aromatic N) is 3. The van der Waals surface area contributed by atoms with Gasteiger partial charge in [-0.2, -0.15) is 5.10 Å². The standard InChI is InChI=1S/C16H24N4O/c1-12(2)20-11-13(10-18-20)16(9-17)19(3)14-5-7-15(21-4)8-6-14/h5-8,10-12,16H,9,17H2,1-4H3. The smallest absolute Gasteiger partial charge is 0.119 e. The zero-order valence-corrected chi connectivity index (χ0v) is 13.2. The Bertz CT molecular complexity index is 562. The van der Waals surface area contributed by atoms with Gasteiger partial charge in [-0.3, -0.25) is 4.68 Å². The van der Waals surface area contributed by atoms with Crippen molar-refractivity contribution in [3.05, 3.63) is 42.2 Å². The summed E-state index contributed by atoms with van der Waals surface area (Å²) >= 11 is 0. The topological polar surface area (TPSA) is 56.3 Å². The average Bonchev–Trinajstić information content (AvgIpc) is 2.98. The second-order valence-electron chi connectivity index (χ2n) is 5.41. The molecular formula is C16H24N4O. The molecule has 2 N–H and O–H groups in total. The summed E-state index contributed by atoms with van der Waals surface area (Å²) in [5, 5.41) is 4.40. The van der Waals surface area contributed by atoms with Gasteiger partial charge in [0.15, 0.2) is 0 Å². The highest BCUT2D eigenvalue weighted by molar-refractivity contribution is 5.50. The van der Waals surface area contributed by atoms with Gasteiger partial charge in [0.1, 0.15) is 5.75 Å². The van der Waals surface area contributed by atoms with Gasteiger partial charge in [0.2, 0.25) is 0 Å². The van der Waals surface area contributed by atoms with Crippen LogP contribution in [0.2, 0.25) is 0 Å². The van der Waals surface area contributed by atoms with Crippen LogP contribution in [0.1, 0.15) is 31.5 Å². The van der Waals surface area contributed by atoms with Crippen molar-refractivity contribution >= 4 is 5.69 Å². The maximum Gasteiger partial charge on any atom is 0.119 e. The minimum atomic E-state index is 0.103. The number of hydrogen-bond donors (Lipinski definition) is 1. The molecular weight excluding hydrogens is 264 g/mol. The lowest BCUT2D eigenvalue weighted by Gasteiger charge is -2.28. The van der Waals surface area contributed by atoms with Crippen LogP contribution in [0.15, 0.2) is 36.7 Å². The van der Waals surface area contributed by atoms with Crippen LogP contribution in [-0.2, 0) is 0 Å². The van der Waals surface area contributed by atoms with E-state index < -0.39 is 0 Å². The number of aromatic nitrogens is 2. The third kappa shape index (κ3) is 3.36. The first kappa shape index (κ1) is 15.4. The SMILES string of the molecule is COc1ccc(N(C)C(CN)c2cnn(C(C)C)c2)cc1. The molecule has 1 heterocycles. The van der Waals surface area contributed by atoms with Crippen LogP contribution in [0.4, 0.5) is 5.69 Å². The zero-order valence-electron chi connectivity index (χ0n) is 13.2. The lowest BCUT2D eigenvalue weighted by atomic mass is 10.1. The van der Waals surface area contributed by atoms with E-state index in [9.17, 15) is 0 Å². The molecule has 0 amide bonds. The summed E-state index contributed by atoms with van der Waals surface area (Å²) in [6.45, 7) is 4.76. The predicted octanol–water partition coefficient (Wildman–Crippen LogP) is 2.61. The zero-order chi connectivity index (χ0) is 15.4. The average molecular weight is 288 g/mol. The van der Waals surface area contributed by atoms with E-state index in [1.807, 2.05) is 42.2 Å². The van der Waals surface area contributed by atoms with E-state index in [2.05, 4.69) is 30.0 Å². The molecule has 0 saturated carbocycles. The maximum atomic E-state index is 5.98. The highest BCUT2D eigenvalue weighted by atomic mass is 16.5. The van der Waals surface area contributed by atoms with Gasteiger partial charge in [0, 0.05) is 37.1 Å². The summed E-state index contributed by atoms with van der Waals surface area (Å²) in [5.74, 6) is 0.851. The molecule has 2 aromatic rings. The van der Waals surface area contributed by atoms with Gasteiger partial charge < -0.3 is 15.4 Å². The van der Waals surface area contributed by atoms with Crippen LogP contribution >= 0.6 is 0 Å². The van der Waals surface area contributed by atoms with Crippen molar-refractivity contribution in [2.75, 3.05) is 25.6 Å². The van der Waals surface area contributed by atoms with Crippen LogP contribution < -0.4 is 15.4 Å². The first-order valence-electron chi connectivity index (χ1n) is 7.17. The normalized spacial score (nSPS) is 12.5. The second kappa shape index (κ2) is 6.63. The molecule has 1 atom stereocenters. The highest BCUT2D eigenvalue weighted by Gasteiger charge is 2.18. The molecule has 1 aromatic carbocycles. The maximum absolute atomic E-state index is 5.98. The van der Waals surface area contributed by atoms with Crippen molar-refractivity contribution in [2.24, 2.45) is 5.73 Å². The summed E-state index contributed by atoms with van der Waals surface area (Å²) in [7, 11) is 3.72. The largest absolute Gasteiger partial charge is 0.497 e. The molecule has 0 aliphatic heterocycles. The first-order valence-corrected chi connectivity index (χ1v) is 7.17. The summed E-state index contributed by atoms with van der Waals surface area (Å²) in [4.78, 5) is 2.17. The molecule has 0 fully saturated rings. The number of anilines is 1. The molecule has 0 bridgehead atoms. The molecule has 1 aromatic heterocycles. The molecule has 5 nitrogen and oxygen atoms in total. The molecule has 0 saturated heterocycles. The van der Waals surface area contributed by atoms with E-state index in [0.29, 0.717) is 12.6 Å². The van der Waals surface area contributed by atoms with Crippen molar-refractivity contribution in [2.45, 2.75) is 25.9 Å². The second-order valence-corrected chi connectivity index (χ2v) is 5.41. The quantitative estimate of drug-likeness (QED) is 0.887. The summed E-state index contributed by atoms with van der Waals surface area (Å²) in [6, 6.07) is 8.44. The molecule has 0 aliphatic rings. The monoisotopic (exact) mass is 288 g/mol. The fourth-order valence-corrected chi connectivity index (χ4v) is 2.32. The Morgan fingerprint density at radius 1 is 1.29 bits per heavy atom. The van der Waals surface area contributed by atoms with Gasteiger partial charge in [-0.05, 0) is 38.1 Å². The van der Waals surface area contributed by atoms with Gasteiger partial charge in [-0.1, -0.05) is 0 Å². The molecule has 0 radical (unpaired) electrons. The Hall–Kier alpha value is -2.01. The van der Waals surface area contributed by atoms with E-state index in [1.54, 1.807) is 7.11 Å². The van der Waals surface area contributed by atoms with Crippen molar-refractivity contribution < 1.29 is 4.74 Å². The van der Waals surface area contributed by atoms with Crippen LogP contribution in [-0.4, -0.2) is 30.5 Å². The van der Waals surface area contributed by atoms with Crippen molar-refractivity contribution in [3.8, 4) is 5.75 Å². The highest BCUT2D eigenvalue weighted by Crippen LogP contribution is 2.26. The molecule has 5 heteroatoms. The fourth-order valence-electron chi connectivity index (χ4n) is 2.32. The van der Waals surface area contributed by atoms with E-state index in [0.717, 1.165) is 17.0 Å². The Labute approximate surface area is 126 Å². The molecule has 0 aliphatic carbocycles. The number of likely N-dealkylation sites (N-methyl/N-ethyl adjacent to an activating group) is 1. The van der Waals surface area contributed by atoms with Crippen molar-refractivity contribution in [3.63, 3.8) is 0 Å². The Morgan fingerprint density at radius 2 is 1.95 bits per heavy atom. The Kier molecular flexibility index (Phi) is 4.85. The third-order valence-corrected chi connectivity index (χ3v) is 3.71. The number of nitrogens with two attached hydrogens (primary N) is 1. The molecule has 21 heavy (non-hydrogen) atoms. The van der Waals surface area contributed by atoms with E-state index in [4.69, 9.17) is 10.5 Å². The third-order valence-electron chi connectivity index (χ3n) is 3.71. The first-order chi connectivity index (χ1) is 10.1. The van der Waals surface area contributed by atoms with E-state index in [1.165, 1.54) is 0 Å². The van der Waals surface area contributed by atoms with Crippen LogP contribution in [0.25, 0.3) is 0 Å². The summed E-state index contributed by atoms with van der Waals surface area (Å²) in [5.41, 5.74) is 8.21. The Morgan fingerprint density at radius 3 is 2.43 bits per heavy atom. The predicted molar refractivity (Wildman–Crippen MR) is 85.8 cm³/mol. The minimum absolute atomic E-state index is 0.103. The number of methoxy groups -OCH3 is 1. The van der Waals surface area contributed by atoms with Gasteiger partial charge in [0.25, 0.3) is 0 Å². The van der Waals surface area contributed by atoms with Gasteiger partial charge in [0.05, 0.1) is 19.3 Å². The lowest BCUT2D eigenvalue weighted by molar-refractivity contribution is 0.415. The van der Waals surface area contributed by atoms with Crippen molar-refractivity contribution in [1.29, 1.82) is 0 Å². The molecule has 2 rings (SSSR count). The lowest BCUT2D eigenvalue weighted by Crippen LogP contribution is -2.30. The van der Waals surface area contributed by atoms with Crippen molar-refractivity contribution in [1.82, 2.24) is 9.78 Å². The molecule has 114 valence electrons. The fraction of sp³-hybridized carbons (Fsp3) is 0.438.